The van der Waals surface area contributed by atoms with Crippen LogP contribution in [-0.2, 0) is 5.41 Å². The lowest BCUT2D eigenvalue weighted by Gasteiger charge is -2.26. The summed E-state index contributed by atoms with van der Waals surface area (Å²) in [4.78, 5) is 2.27. The molecule has 1 aliphatic rings. The van der Waals surface area contributed by atoms with Gasteiger partial charge in [-0.15, -0.1) is 16.4 Å². The molecule has 3 N–H and O–H groups in total. The molecule has 3 heterocycles. The van der Waals surface area contributed by atoms with Gasteiger partial charge in [0, 0.05) is 20.9 Å². The second kappa shape index (κ2) is 4.89. The molecule has 2 aromatic rings. The maximum absolute atomic E-state index is 9.56. The van der Waals surface area contributed by atoms with E-state index in [4.69, 9.17) is 10.5 Å². The highest BCUT2D eigenvalue weighted by atomic mass is 32.1. The molecule has 6 heteroatoms. The molecule has 1 aliphatic heterocycles. The fraction of sp³-hybridized carbons (Fsp3) is 0.375. The molecule has 0 fully saturated rings. The van der Waals surface area contributed by atoms with Gasteiger partial charge in [-0.3, -0.25) is 5.10 Å². The number of aromatic amines is 1. The van der Waals surface area contributed by atoms with Crippen molar-refractivity contribution in [2.45, 2.75) is 39.0 Å². The van der Waals surface area contributed by atoms with Crippen LogP contribution in [-0.4, -0.2) is 10.2 Å². The van der Waals surface area contributed by atoms with Gasteiger partial charge in [-0.2, -0.15) is 5.26 Å². The molecule has 0 aromatic carbocycles. The zero-order chi connectivity index (χ0) is 16.1. The lowest BCUT2D eigenvalue weighted by atomic mass is 9.81. The summed E-state index contributed by atoms with van der Waals surface area (Å²) >= 11 is 1.66. The number of aryl methyl sites for hydroxylation is 1. The Labute approximate surface area is 133 Å². The molecule has 114 valence electrons. The molecule has 0 saturated carbocycles. The number of ether oxygens (including phenoxy) is 1. The molecule has 1 atom stereocenters. The quantitative estimate of drug-likeness (QED) is 0.845. The monoisotopic (exact) mass is 314 g/mol. The van der Waals surface area contributed by atoms with Crippen LogP contribution < -0.4 is 10.5 Å². The number of thiophene rings is 1. The summed E-state index contributed by atoms with van der Waals surface area (Å²) in [5.74, 6) is 0.385. The SMILES string of the molecule is Cc1ccc(C2C(C#N)=C(N)Oc3n[nH]c(C(C)(C)C)c32)s1. The van der Waals surface area contributed by atoms with E-state index in [-0.39, 0.29) is 17.2 Å². The molecule has 0 radical (unpaired) electrons. The number of allylic oxidation sites excluding steroid dienone is 1. The van der Waals surface area contributed by atoms with Crippen LogP contribution in [0.5, 0.6) is 5.88 Å². The normalized spacial score (nSPS) is 17.9. The second-order valence-electron chi connectivity index (χ2n) is 6.44. The van der Waals surface area contributed by atoms with Crippen LogP contribution in [0.4, 0.5) is 0 Å². The van der Waals surface area contributed by atoms with E-state index < -0.39 is 0 Å². The second-order valence-corrected chi connectivity index (χ2v) is 7.76. The third-order valence-electron chi connectivity index (χ3n) is 3.73. The minimum absolute atomic E-state index is 0.137. The van der Waals surface area contributed by atoms with E-state index >= 15 is 0 Å². The number of rotatable bonds is 1. The van der Waals surface area contributed by atoms with Crippen molar-refractivity contribution in [3.05, 3.63) is 44.6 Å². The Balaban J connectivity index is 2.27. The van der Waals surface area contributed by atoms with Gasteiger partial charge in [-0.25, -0.2) is 0 Å². The fourth-order valence-corrected chi connectivity index (χ4v) is 3.71. The molecule has 5 nitrogen and oxygen atoms in total. The minimum Gasteiger partial charge on any atom is -0.420 e. The van der Waals surface area contributed by atoms with Crippen molar-refractivity contribution >= 4 is 11.3 Å². The molecule has 0 amide bonds. The van der Waals surface area contributed by atoms with Gasteiger partial charge in [-0.1, -0.05) is 20.8 Å². The van der Waals surface area contributed by atoms with E-state index in [1.54, 1.807) is 11.3 Å². The molecule has 22 heavy (non-hydrogen) atoms. The van der Waals surface area contributed by atoms with Crippen molar-refractivity contribution in [1.82, 2.24) is 10.2 Å². The minimum atomic E-state index is -0.222. The molecular weight excluding hydrogens is 296 g/mol. The summed E-state index contributed by atoms with van der Waals surface area (Å²) in [5.41, 5.74) is 8.14. The highest BCUT2D eigenvalue weighted by molar-refractivity contribution is 7.12. The van der Waals surface area contributed by atoms with Gasteiger partial charge in [0.05, 0.1) is 11.5 Å². The molecule has 2 aromatic heterocycles. The summed E-state index contributed by atoms with van der Waals surface area (Å²) < 4.78 is 5.57. The molecule has 3 rings (SSSR count). The van der Waals surface area contributed by atoms with Gasteiger partial charge in [0.15, 0.2) is 0 Å². The topological polar surface area (TPSA) is 87.7 Å². The number of hydrogen-bond donors (Lipinski definition) is 2. The zero-order valence-electron chi connectivity index (χ0n) is 13.0. The van der Waals surface area contributed by atoms with Gasteiger partial charge in [0.25, 0.3) is 0 Å². The van der Waals surface area contributed by atoms with Crippen LogP contribution in [0.1, 0.15) is 47.7 Å². The predicted molar refractivity (Wildman–Crippen MR) is 85.6 cm³/mol. The van der Waals surface area contributed by atoms with Crippen molar-refractivity contribution < 1.29 is 4.74 Å². The highest BCUT2D eigenvalue weighted by Gasteiger charge is 2.38. The summed E-state index contributed by atoms with van der Waals surface area (Å²) in [5, 5.41) is 16.9. The Hall–Kier alpha value is -2.26. The van der Waals surface area contributed by atoms with E-state index in [2.05, 4.69) is 43.1 Å². The summed E-state index contributed by atoms with van der Waals surface area (Å²) in [7, 11) is 0. The highest BCUT2D eigenvalue weighted by Crippen LogP contribution is 2.46. The van der Waals surface area contributed by atoms with Crippen molar-refractivity contribution in [3.63, 3.8) is 0 Å². The third kappa shape index (κ3) is 2.18. The third-order valence-corrected chi connectivity index (χ3v) is 4.80. The summed E-state index contributed by atoms with van der Waals surface area (Å²) in [6, 6.07) is 6.31. The van der Waals surface area contributed by atoms with Crippen molar-refractivity contribution in [1.29, 1.82) is 5.26 Å². The van der Waals surface area contributed by atoms with E-state index in [1.165, 1.54) is 4.88 Å². The first kappa shape index (κ1) is 14.7. The molecule has 1 unspecified atom stereocenters. The van der Waals surface area contributed by atoms with E-state index in [1.807, 2.05) is 13.0 Å². The van der Waals surface area contributed by atoms with Crippen LogP contribution >= 0.6 is 11.3 Å². The standard InChI is InChI=1S/C16H18N4OS/c1-8-5-6-10(22-8)11-9(7-17)14(18)21-15-12(11)13(19-20-15)16(2,3)4/h5-6,11H,18H2,1-4H3,(H,19,20). The van der Waals surface area contributed by atoms with Gasteiger partial charge >= 0.3 is 0 Å². The number of nitrogens with one attached hydrogen (secondary N) is 1. The molecule has 0 saturated heterocycles. The number of aromatic nitrogens is 2. The average Bonchev–Trinajstić information content (AvgIpc) is 3.02. The smallest absolute Gasteiger partial charge is 0.244 e. The molecule has 0 aliphatic carbocycles. The average molecular weight is 314 g/mol. The van der Waals surface area contributed by atoms with Crippen molar-refractivity contribution in [3.8, 4) is 11.9 Å². The Kier molecular flexibility index (Phi) is 3.26. The molecule has 0 bridgehead atoms. The summed E-state index contributed by atoms with van der Waals surface area (Å²) in [6.45, 7) is 8.36. The van der Waals surface area contributed by atoms with E-state index in [0.29, 0.717) is 11.5 Å². The largest absolute Gasteiger partial charge is 0.420 e. The first-order chi connectivity index (χ1) is 10.3. The molecule has 0 spiro atoms. The van der Waals surface area contributed by atoms with Crippen LogP contribution in [0.2, 0.25) is 0 Å². The Morgan fingerprint density at radius 1 is 1.41 bits per heavy atom. The summed E-state index contributed by atoms with van der Waals surface area (Å²) in [6.07, 6.45) is 0. The fourth-order valence-electron chi connectivity index (χ4n) is 2.71. The van der Waals surface area contributed by atoms with Crippen LogP contribution in [0.25, 0.3) is 0 Å². The first-order valence-electron chi connectivity index (χ1n) is 7.05. The Morgan fingerprint density at radius 2 is 2.14 bits per heavy atom. The number of fused-ring (bicyclic) bond motifs is 1. The Morgan fingerprint density at radius 3 is 2.68 bits per heavy atom. The number of hydrogen-bond acceptors (Lipinski definition) is 5. The van der Waals surface area contributed by atoms with E-state index in [9.17, 15) is 5.26 Å². The van der Waals surface area contributed by atoms with Crippen LogP contribution in [0.3, 0.4) is 0 Å². The number of nitrogens with two attached hydrogens (primary N) is 1. The maximum Gasteiger partial charge on any atom is 0.244 e. The lowest BCUT2D eigenvalue weighted by molar-refractivity contribution is 0.378. The van der Waals surface area contributed by atoms with Gasteiger partial charge < -0.3 is 10.5 Å². The number of nitriles is 1. The van der Waals surface area contributed by atoms with E-state index in [0.717, 1.165) is 16.1 Å². The zero-order valence-corrected chi connectivity index (χ0v) is 13.8. The van der Waals surface area contributed by atoms with Crippen molar-refractivity contribution in [2.75, 3.05) is 0 Å². The number of nitrogens with zero attached hydrogens (tertiary/aromatic N) is 2. The van der Waals surface area contributed by atoms with Gasteiger partial charge in [-0.05, 0) is 19.1 Å². The van der Waals surface area contributed by atoms with Crippen molar-refractivity contribution in [2.24, 2.45) is 5.73 Å². The first-order valence-corrected chi connectivity index (χ1v) is 7.87. The number of H-pyrrole nitrogens is 1. The lowest BCUT2D eigenvalue weighted by Crippen LogP contribution is -2.23. The Bertz CT molecular complexity index is 801. The van der Waals surface area contributed by atoms with Gasteiger partial charge in [0.2, 0.25) is 11.8 Å². The molecular formula is C16H18N4OS. The van der Waals surface area contributed by atoms with Crippen LogP contribution in [0.15, 0.2) is 23.6 Å². The predicted octanol–water partition coefficient (Wildman–Crippen LogP) is 3.30. The van der Waals surface area contributed by atoms with Crippen LogP contribution in [0, 0.1) is 18.3 Å². The van der Waals surface area contributed by atoms with Gasteiger partial charge in [0.1, 0.15) is 11.6 Å². The maximum atomic E-state index is 9.56.